The third-order valence-electron chi connectivity index (χ3n) is 3.76. The summed E-state index contributed by atoms with van der Waals surface area (Å²) < 4.78 is 5.96. The van der Waals surface area contributed by atoms with Crippen LogP contribution in [0.2, 0.25) is 9.36 Å². The maximum atomic E-state index is 12.1. The smallest absolute Gasteiger partial charge is 0.226 e. The number of carbonyl (C=O) groups is 1. The molecule has 136 valence electrons. The van der Waals surface area contributed by atoms with Crippen LogP contribution in [-0.4, -0.2) is 16.0 Å². The molecule has 1 aromatic carbocycles. The Morgan fingerprint density at radius 2 is 2.00 bits per heavy atom. The number of hydrogen-bond donors (Lipinski definition) is 1. The summed E-state index contributed by atoms with van der Waals surface area (Å²) in [6, 6.07) is 10.9. The molecule has 0 radical (unpaired) electrons. The topological polar surface area (TPSA) is 68.0 Å². The Balaban J connectivity index is 1.46. The first-order chi connectivity index (χ1) is 12.5. The minimum Gasteiger partial charge on any atom is -0.349 e. The highest BCUT2D eigenvalue weighted by Gasteiger charge is 2.13. The molecule has 0 saturated carbocycles. The van der Waals surface area contributed by atoms with Gasteiger partial charge < -0.3 is 9.84 Å². The minimum atomic E-state index is -0.0556. The standard InChI is InChI=1S/C18H17Cl2N3O2S/c1-11(14-9-10-15(20)26-14)21-16(24)3-2-4-17-22-18(23-25-17)12-5-7-13(19)8-6-12/h5-11H,2-4H2,1H3,(H,21,24). The molecule has 2 aromatic heterocycles. The number of nitrogens with one attached hydrogen (secondary N) is 1. The Morgan fingerprint density at radius 1 is 1.23 bits per heavy atom. The molecule has 1 atom stereocenters. The van der Waals surface area contributed by atoms with Crippen LogP contribution in [0.3, 0.4) is 0 Å². The lowest BCUT2D eigenvalue weighted by Crippen LogP contribution is -2.25. The summed E-state index contributed by atoms with van der Waals surface area (Å²) in [7, 11) is 0. The first-order valence-corrected chi connectivity index (χ1v) is 9.71. The van der Waals surface area contributed by atoms with E-state index in [9.17, 15) is 4.79 Å². The SMILES string of the molecule is CC(NC(=O)CCCc1nc(-c2ccc(Cl)cc2)no1)c1ccc(Cl)s1. The summed E-state index contributed by atoms with van der Waals surface area (Å²) >= 11 is 13.3. The van der Waals surface area contributed by atoms with E-state index in [0.717, 1.165) is 10.4 Å². The highest BCUT2D eigenvalue weighted by atomic mass is 35.5. The van der Waals surface area contributed by atoms with Crippen LogP contribution in [-0.2, 0) is 11.2 Å². The fourth-order valence-electron chi connectivity index (χ4n) is 2.42. The number of nitrogens with zero attached hydrogens (tertiary/aromatic N) is 2. The van der Waals surface area contributed by atoms with Gasteiger partial charge in [0, 0.05) is 28.3 Å². The minimum absolute atomic E-state index is 0.0144. The third kappa shape index (κ3) is 5.06. The molecule has 1 amide bonds. The Labute approximate surface area is 165 Å². The lowest BCUT2D eigenvalue weighted by atomic mass is 10.2. The van der Waals surface area contributed by atoms with Crippen molar-refractivity contribution in [3.63, 3.8) is 0 Å². The van der Waals surface area contributed by atoms with Crippen molar-refractivity contribution in [3.8, 4) is 11.4 Å². The third-order valence-corrected chi connectivity index (χ3v) is 5.43. The van der Waals surface area contributed by atoms with Crippen LogP contribution in [0.4, 0.5) is 0 Å². The number of halogens is 2. The summed E-state index contributed by atoms with van der Waals surface area (Å²) in [5.41, 5.74) is 0.838. The molecule has 0 aliphatic rings. The van der Waals surface area contributed by atoms with Crippen molar-refractivity contribution in [2.45, 2.75) is 32.2 Å². The average molecular weight is 410 g/mol. The molecule has 0 saturated heterocycles. The molecular weight excluding hydrogens is 393 g/mol. The summed E-state index contributed by atoms with van der Waals surface area (Å²) in [4.78, 5) is 17.5. The molecule has 0 aliphatic heterocycles. The first-order valence-electron chi connectivity index (χ1n) is 8.14. The predicted octanol–water partition coefficient (Wildman–Crippen LogP) is 5.31. The molecule has 8 heteroatoms. The molecule has 0 spiro atoms. The second kappa shape index (κ2) is 8.66. The molecule has 5 nitrogen and oxygen atoms in total. The monoisotopic (exact) mass is 409 g/mol. The van der Waals surface area contributed by atoms with Gasteiger partial charge in [-0.2, -0.15) is 4.98 Å². The van der Waals surface area contributed by atoms with Crippen LogP contribution in [0.1, 0.15) is 36.6 Å². The van der Waals surface area contributed by atoms with Crippen molar-refractivity contribution < 1.29 is 9.32 Å². The Bertz CT molecular complexity index is 877. The zero-order chi connectivity index (χ0) is 18.5. The van der Waals surface area contributed by atoms with Crippen LogP contribution in [0, 0.1) is 0 Å². The number of rotatable bonds is 7. The predicted molar refractivity (Wildman–Crippen MR) is 104 cm³/mol. The number of aromatic nitrogens is 2. The van der Waals surface area contributed by atoms with E-state index in [2.05, 4.69) is 15.5 Å². The van der Waals surface area contributed by atoms with E-state index in [0.29, 0.717) is 40.3 Å². The van der Waals surface area contributed by atoms with Gasteiger partial charge in [0.05, 0.1) is 10.4 Å². The van der Waals surface area contributed by atoms with Crippen molar-refractivity contribution in [1.29, 1.82) is 0 Å². The van der Waals surface area contributed by atoms with Crippen molar-refractivity contribution in [1.82, 2.24) is 15.5 Å². The summed E-state index contributed by atoms with van der Waals surface area (Å²) in [6.07, 6.45) is 1.57. The molecule has 0 bridgehead atoms. The van der Waals surface area contributed by atoms with Crippen LogP contribution < -0.4 is 5.32 Å². The first kappa shape index (κ1) is 18.9. The molecule has 3 rings (SSSR count). The number of amides is 1. The van der Waals surface area contributed by atoms with Gasteiger partial charge in [0.15, 0.2) is 0 Å². The largest absolute Gasteiger partial charge is 0.349 e. The molecule has 3 aromatic rings. The van der Waals surface area contributed by atoms with Gasteiger partial charge in [-0.1, -0.05) is 28.4 Å². The molecule has 26 heavy (non-hydrogen) atoms. The quantitative estimate of drug-likeness (QED) is 0.574. The van der Waals surface area contributed by atoms with Gasteiger partial charge in [-0.15, -0.1) is 11.3 Å². The summed E-state index contributed by atoms with van der Waals surface area (Å²) in [5.74, 6) is 1.02. The average Bonchev–Trinajstić information content (AvgIpc) is 3.25. The Morgan fingerprint density at radius 3 is 2.69 bits per heavy atom. The van der Waals surface area contributed by atoms with Gasteiger partial charge in [0.1, 0.15) is 0 Å². The highest BCUT2D eigenvalue weighted by molar-refractivity contribution is 7.16. The van der Waals surface area contributed by atoms with Crippen LogP contribution in [0.5, 0.6) is 0 Å². The van der Waals surface area contributed by atoms with E-state index in [1.807, 2.05) is 31.2 Å². The van der Waals surface area contributed by atoms with Gasteiger partial charge in [-0.3, -0.25) is 4.79 Å². The van der Waals surface area contributed by atoms with Crippen molar-refractivity contribution >= 4 is 40.4 Å². The lowest BCUT2D eigenvalue weighted by molar-refractivity contribution is -0.121. The van der Waals surface area contributed by atoms with Crippen molar-refractivity contribution in [2.75, 3.05) is 0 Å². The lowest BCUT2D eigenvalue weighted by Gasteiger charge is -2.11. The number of aryl methyl sites for hydroxylation is 1. The molecule has 2 heterocycles. The molecule has 1 N–H and O–H groups in total. The zero-order valence-corrected chi connectivity index (χ0v) is 16.4. The Kier molecular flexibility index (Phi) is 6.29. The highest BCUT2D eigenvalue weighted by Crippen LogP contribution is 2.26. The molecule has 0 fully saturated rings. The second-order valence-corrected chi connectivity index (χ2v) is 7.99. The van der Waals surface area contributed by atoms with Crippen molar-refractivity contribution in [3.05, 3.63) is 56.5 Å². The van der Waals surface area contributed by atoms with Crippen LogP contribution in [0.25, 0.3) is 11.4 Å². The number of benzene rings is 1. The van der Waals surface area contributed by atoms with E-state index < -0.39 is 0 Å². The number of carbonyl (C=O) groups excluding carboxylic acids is 1. The van der Waals surface area contributed by atoms with Gasteiger partial charge in [-0.05, 0) is 49.7 Å². The van der Waals surface area contributed by atoms with Crippen LogP contribution >= 0.6 is 34.5 Å². The van der Waals surface area contributed by atoms with E-state index in [1.165, 1.54) is 11.3 Å². The Hall–Kier alpha value is -1.89. The van der Waals surface area contributed by atoms with Crippen molar-refractivity contribution in [2.24, 2.45) is 0 Å². The second-order valence-electron chi connectivity index (χ2n) is 5.80. The molecular formula is C18H17Cl2N3O2S. The normalized spacial score (nSPS) is 12.1. The maximum Gasteiger partial charge on any atom is 0.226 e. The zero-order valence-electron chi connectivity index (χ0n) is 14.0. The van der Waals surface area contributed by atoms with Gasteiger partial charge >= 0.3 is 0 Å². The van der Waals surface area contributed by atoms with E-state index in [1.54, 1.807) is 12.1 Å². The van der Waals surface area contributed by atoms with E-state index in [4.69, 9.17) is 27.7 Å². The van der Waals surface area contributed by atoms with Gasteiger partial charge in [0.2, 0.25) is 17.6 Å². The summed E-state index contributed by atoms with van der Waals surface area (Å²) in [6.45, 7) is 1.94. The van der Waals surface area contributed by atoms with Crippen LogP contribution in [0.15, 0.2) is 40.9 Å². The van der Waals surface area contributed by atoms with E-state index in [-0.39, 0.29) is 11.9 Å². The fourth-order valence-corrected chi connectivity index (χ4v) is 3.61. The molecule has 1 unspecified atom stereocenters. The molecule has 0 aliphatic carbocycles. The number of hydrogen-bond acceptors (Lipinski definition) is 5. The maximum absolute atomic E-state index is 12.1. The van der Waals surface area contributed by atoms with E-state index >= 15 is 0 Å². The summed E-state index contributed by atoms with van der Waals surface area (Å²) in [5, 5.41) is 7.58. The fraction of sp³-hybridized carbons (Fsp3) is 0.278. The van der Waals surface area contributed by atoms with Gasteiger partial charge in [-0.25, -0.2) is 0 Å². The van der Waals surface area contributed by atoms with Gasteiger partial charge in [0.25, 0.3) is 0 Å². The number of thiophene rings is 1.